The summed E-state index contributed by atoms with van der Waals surface area (Å²) < 4.78 is 7.65. The van der Waals surface area contributed by atoms with Crippen LogP contribution in [-0.4, -0.2) is 39.4 Å². The Kier molecular flexibility index (Phi) is 4.15. The molecule has 1 aliphatic rings. The van der Waals surface area contributed by atoms with Gasteiger partial charge in [0.05, 0.1) is 12.3 Å². The van der Waals surface area contributed by atoms with Crippen molar-refractivity contribution in [3.63, 3.8) is 0 Å². The van der Waals surface area contributed by atoms with Crippen LogP contribution >= 0.6 is 0 Å². The molecule has 1 fully saturated rings. The molecule has 1 aliphatic heterocycles. The minimum absolute atomic E-state index is 0.610. The molecule has 0 aromatic carbocycles. The number of rotatable bonds is 4. The molecule has 0 unspecified atom stereocenters. The van der Waals surface area contributed by atoms with Crippen LogP contribution in [0.5, 0.6) is 5.88 Å². The molecule has 0 atom stereocenters. The Balaban J connectivity index is 1.69. The third-order valence-corrected chi connectivity index (χ3v) is 3.78. The molecule has 2 aromatic heterocycles. The number of hydrogen-bond donors (Lipinski definition) is 1. The molecule has 112 valence electrons. The fraction of sp³-hybridized carbons (Fsp3) is 0.533. The lowest BCUT2D eigenvalue weighted by atomic mass is 9.99. The zero-order chi connectivity index (χ0) is 14.7. The monoisotopic (exact) mass is 287 g/mol. The molecule has 0 aliphatic carbocycles. The van der Waals surface area contributed by atoms with E-state index in [0.717, 1.165) is 49.7 Å². The van der Waals surface area contributed by atoms with Crippen molar-refractivity contribution in [2.45, 2.75) is 26.7 Å². The fourth-order valence-corrected chi connectivity index (χ4v) is 2.64. The van der Waals surface area contributed by atoms with Crippen LogP contribution in [0.1, 0.15) is 24.2 Å². The van der Waals surface area contributed by atoms with Gasteiger partial charge in [-0.2, -0.15) is 5.10 Å². The quantitative estimate of drug-likeness (QED) is 0.926. The number of ether oxygens (including phenoxy) is 1. The molecule has 21 heavy (non-hydrogen) atoms. The van der Waals surface area contributed by atoms with E-state index in [2.05, 4.69) is 20.4 Å². The van der Waals surface area contributed by atoms with Crippen molar-refractivity contribution in [3.05, 3.63) is 29.8 Å². The zero-order valence-electron chi connectivity index (χ0n) is 12.5. The third kappa shape index (κ3) is 3.39. The van der Waals surface area contributed by atoms with Crippen LogP contribution < -0.4 is 10.1 Å². The van der Waals surface area contributed by atoms with Crippen molar-refractivity contribution >= 4 is 0 Å². The molecular formula is C15H21N5O. The number of hydrogen-bond acceptors (Lipinski definition) is 5. The van der Waals surface area contributed by atoms with Gasteiger partial charge in [0.1, 0.15) is 6.33 Å². The SMILES string of the molecule is Cc1cc(C)n(-c2cc(OCC3CCNCC3)ncn2)n1. The van der Waals surface area contributed by atoms with Crippen LogP contribution in [0.4, 0.5) is 0 Å². The summed E-state index contributed by atoms with van der Waals surface area (Å²) in [5, 5.41) is 7.79. The molecule has 6 nitrogen and oxygen atoms in total. The van der Waals surface area contributed by atoms with Crippen molar-refractivity contribution in [1.82, 2.24) is 25.1 Å². The highest BCUT2D eigenvalue weighted by Crippen LogP contribution is 2.17. The van der Waals surface area contributed by atoms with Crippen LogP contribution in [-0.2, 0) is 0 Å². The third-order valence-electron chi connectivity index (χ3n) is 3.78. The predicted octanol–water partition coefficient (Wildman–Crippen LogP) is 1.66. The molecule has 3 heterocycles. The highest BCUT2D eigenvalue weighted by Gasteiger charge is 2.14. The number of aromatic nitrogens is 4. The summed E-state index contributed by atoms with van der Waals surface area (Å²) in [5.41, 5.74) is 2.03. The summed E-state index contributed by atoms with van der Waals surface area (Å²) in [4.78, 5) is 8.47. The molecule has 2 aromatic rings. The van der Waals surface area contributed by atoms with Crippen LogP contribution in [0.15, 0.2) is 18.5 Å². The molecule has 0 bridgehead atoms. The molecule has 0 radical (unpaired) electrons. The molecular weight excluding hydrogens is 266 g/mol. The number of nitrogens with zero attached hydrogens (tertiary/aromatic N) is 4. The van der Waals surface area contributed by atoms with Crippen LogP contribution in [0.3, 0.4) is 0 Å². The maximum absolute atomic E-state index is 5.83. The average molecular weight is 287 g/mol. The highest BCUT2D eigenvalue weighted by atomic mass is 16.5. The van der Waals surface area contributed by atoms with Gasteiger partial charge in [-0.05, 0) is 51.8 Å². The largest absolute Gasteiger partial charge is 0.477 e. The first kappa shape index (κ1) is 14.0. The van der Waals surface area contributed by atoms with Crippen LogP contribution in [0, 0.1) is 19.8 Å². The van der Waals surface area contributed by atoms with E-state index in [-0.39, 0.29) is 0 Å². The summed E-state index contributed by atoms with van der Waals surface area (Å²) in [5.74, 6) is 1.97. The fourth-order valence-electron chi connectivity index (χ4n) is 2.64. The maximum Gasteiger partial charge on any atom is 0.218 e. The molecule has 3 rings (SSSR count). The topological polar surface area (TPSA) is 64.9 Å². The van der Waals surface area contributed by atoms with Crippen molar-refractivity contribution in [1.29, 1.82) is 0 Å². The smallest absolute Gasteiger partial charge is 0.218 e. The van der Waals surface area contributed by atoms with Crippen molar-refractivity contribution in [3.8, 4) is 11.7 Å². The Morgan fingerprint density at radius 1 is 1.24 bits per heavy atom. The van der Waals surface area contributed by atoms with Gasteiger partial charge in [-0.25, -0.2) is 14.6 Å². The van der Waals surface area contributed by atoms with Crippen molar-refractivity contribution < 1.29 is 4.74 Å². The van der Waals surface area contributed by atoms with Gasteiger partial charge in [0, 0.05) is 11.8 Å². The molecule has 0 spiro atoms. The van der Waals surface area contributed by atoms with Gasteiger partial charge in [0.15, 0.2) is 5.82 Å². The molecule has 1 saturated heterocycles. The van der Waals surface area contributed by atoms with Gasteiger partial charge in [-0.15, -0.1) is 0 Å². The summed E-state index contributed by atoms with van der Waals surface area (Å²) in [6.45, 7) is 6.86. The minimum atomic E-state index is 0.610. The van der Waals surface area contributed by atoms with E-state index in [1.807, 2.05) is 30.7 Å². The first-order valence-corrected chi connectivity index (χ1v) is 7.41. The Bertz CT molecular complexity index is 604. The predicted molar refractivity (Wildman–Crippen MR) is 79.7 cm³/mol. The van der Waals surface area contributed by atoms with Crippen molar-refractivity contribution in [2.24, 2.45) is 5.92 Å². The molecule has 0 saturated carbocycles. The van der Waals surface area contributed by atoms with Gasteiger partial charge in [-0.1, -0.05) is 0 Å². The molecule has 1 N–H and O–H groups in total. The summed E-state index contributed by atoms with van der Waals surface area (Å²) in [7, 11) is 0. The minimum Gasteiger partial charge on any atom is -0.477 e. The zero-order valence-corrected chi connectivity index (χ0v) is 12.5. The second-order valence-electron chi connectivity index (χ2n) is 5.56. The van der Waals surface area contributed by atoms with E-state index in [9.17, 15) is 0 Å². The number of piperidine rings is 1. The molecule has 6 heteroatoms. The van der Waals surface area contributed by atoms with Crippen molar-refractivity contribution in [2.75, 3.05) is 19.7 Å². The first-order chi connectivity index (χ1) is 10.2. The highest BCUT2D eigenvalue weighted by molar-refractivity contribution is 5.29. The maximum atomic E-state index is 5.83. The van der Waals surface area contributed by atoms with E-state index >= 15 is 0 Å². The number of aryl methyl sites for hydroxylation is 2. The Morgan fingerprint density at radius 3 is 2.76 bits per heavy atom. The standard InChI is InChI=1S/C15H21N5O/c1-11-7-12(2)20(19-11)14-8-15(18-10-17-14)21-9-13-3-5-16-6-4-13/h7-8,10,13,16H,3-6,9H2,1-2H3. The van der Waals surface area contributed by atoms with Gasteiger partial charge in [0.2, 0.25) is 5.88 Å². The van der Waals surface area contributed by atoms with E-state index in [4.69, 9.17) is 4.74 Å². The lowest BCUT2D eigenvalue weighted by Gasteiger charge is -2.22. The van der Waals surface area contributed by atoms with Crippen LogP contribution in [0.25, 0.3) is 5.82 Å². The van der Waals surface area contributed by atoms with E-state index in [1.54, 1.807) is 0 Å². The summed E-state index contributed by atoms with van der Waals surface area (Å²) in [6.07, 6.45) is 3.86. The summed E-state index contributed by atoms with van der Waals surface area (Å²) >= 11 is 0. The van der Waals surface area contributed by atoms with Gasteiger partial charge >= 0.3 is 0 Å². The Morgan fingerprint density at radius 2 is 2.05 bits per heavy atom. The Labute approximate surface area is 124 Å². The van der Waals surface area contributed by atoms with Gasteiger partial charge in [0.25, 0.3) is 0 Å². The normalized spacial score (nSPS) is 16.1. The molecule has 0 amide bonds. The van der Waals surface area contributed by atoms with Crippen LogP contribution in [0.2, 0.25) is 0 Å². The second-order valence-corrected chi connectivity index (χ2v) is 5.56. The van der Waals surface area contributed by atoms with E-state index in [1.165, 1.54) is 6.33 Å². The first-order valence-electron chi connectivity index (χ1n) is 7.41. The van der Waals surface area contributed by atoms with E-state index < -0.39 is 0 Å². The lowest BCUT2D eigenvalue weighted by Crippen LogP contribution is -2.30. The van der Waals surface area contributed by atoms with Gasteiger partial charge in [-0.3, -0.25) is 0 Å². The average Bonchev–Trinajstić information content (AvgIpc) is 2.85. The van der Waals surface area contributed by atoms with Gasteiger partial charge < -0.3 is 10.1 Å². The van der Waals surface area contributed by atoms with E-state index in [0.29, 0.717) is 11.8 Å². The lowest BCUT2D eigenvalue weighted by molar-refractivity contribution is 0.208. The second kappa shape index (κ2) is 6.22. The number of nitrogens with one attached hydrogen (secondary N) is 1. The summed E-state index contributed by atoms with van der Waals surface area (Å²) in [6, 6.07) is 3.87. The Hall–Kier alpha value is -1.95.